The van der Waals surface area contributed by atoms with E-state index in [1.54, 1.807) is 0 Å². The number of aryl methyl sites for hydroxylation is 1. The summed E-state index contributed by atoms with van der Waals surface area (Å²) in [4.78, 5) is 26.3. The van der Waals surface area contributed by atoms with Gasteiger partial charge in [-0.1, -0.05) is 57.9 Å². The predicted octanol–water partition coefficient (Wildman–Crippen LogP) is 4.38. The highest BCUT2D eigenvalue weighted by atomic mass is 32.2. The summed E-state index contributed by atoms with van der Waals surface area (Å²) in [6.45, 7) is 6.39. The molecule has 1 fully saturated rings. The van der Waals surface area contributed by atoms with Crippen LogP contribution in [0.25, 0.3) is 0 Å². The molecule has 3 atom stereocenters. The Balaban J connectivity index is 1.82. The molecule has 1 aliphatic rings. The summed E-state index contributed by atoms with van der Waals surface area (Å²) in [5.74, 6) is -3.63. The Bertz CT molecular complexity index is 1330. The summed E-state index contributed by atoms with van der Waals surface area (Å²) in [5, 5.41) is 5.24. The predicted molar refractivity (Wildman–Crippen MR) is 167 cm³/mol. The lowest BCUT2D eigenvalue weighted by Crippen LogP contribution is -2.52. The summed E-state index contributed by atoms with van der Waals surface area (Å²) < 4.78 is 60.5. The summed E-state index contributed by atoms with van der Waals surface area (Å²) in [5.41, 5.74) is 8.93. The molecular formula is C33H47F2N3O5S. The lowest BCUT2D eigenvalue weighted by Gasteiger charge is -2.28. The third kappa shape index (κ3) is 11.2. The molecule has 1 saturated carbocycles. The molecule has 0 heterocycles. The number of hydrogen-bond donors (Lipinski definition) is 3. The Morgan fingerprint density at radius 3 is 2.20 bits per heavy atom. The zero-order valence-corrected chi connectivity index (χ0v) is 26.8. The van der Waals surface area contributed by atoms with Gasteiger partial charge in [-0.2, -0.15) is 0 Å². The van der Waals surface area contributed by atoms with Gasteiger partial charge >= 0.3 is 5.97 Å². The maximum absolute atomic E-state index is 13.9. The zero-order valence-electron chi connectivity index (χ0n) is 26.0. The van der Waals surface area contributed by atoms with E-state index < -0.39 is 56.6 Å². The summed E-state index contributed by atoms with van der Waals surface area (Å²) in [6.07, 6.45) is 3.46. The number of benzene rings is 2. The molecule has 0 aromatic heterocycles. The molecule has 0 aliphatic heterocycles. The molecule has 11 heteroatoms. The number of rotatable bonds is 19. The van der Waals surface area contributed by atoms with Gasteiger partial charge in [0, 0.05) is 31.1 Å². The number of ether oxygens (including phenoxy) is 1. The minimum absolute atomic E-state index is 0.00784. The standard InChI is InChI=1S/C33H47F2N3O5S/c1-4-8-28(9-5-2)44(41,42)21-30(38-32(39)25-12-13-25)33(40)43-31(20-37-19-23-11-7-10-22(6-3)14-23)29(36)17-24-15-26(34)18-27(35)16-24/h7,10-11,14-16,18,25,28-31,37H,4-6,8-9,12-13,17,19-21,36H2,1-3H3,(H,38,39)/t29-,30+,31+/m0/s1. The van der Waals surface area contributed by atoms with Crippen molar-refractivity contribution in [3.63, 3.8) is 0 Å². The Hall–Kier alpha value is -2.89. The number of halogens is 2. The summed E-state index contributed by atoms with van der Waals surface area (Å²) in [6, 6.07) is 8.78. The highest BCUT2D eigenvalue weighted by molar-refractivity contribution is 7.92. The van der Waals surface area contributed by atoms with E-state index in [1.165, 1.54) is 12.1 Å². The van der Waals surface area contributed by atoms with E-state index in [-0.39, 0.29) is 30.4 Å². The molecule has 4 N–H and O–H groups in total. The van der Waals surface area contributed by atoms with E-state index in [4.69, 9.17) is 10.5 Å². The monoisotopic (exact) mass is 635 g/mol. The van der Waals surface area contributed by atoms with Crippen LogP contribution in [-0.2, 0) is 43.5 Å². The molecule has 1 amide bonds. The van der Waals surface area contributed by atoms with Crippen LogP contribution >= 0.6 is 0 Å². The van der Waals surface area contributed by atoms with E-state index in [9.17, 15) is 26.8 Å². The highest BCUT2D eigenvalue weighted by Crippen LogP contribution is 2.29. The lowest BCUT2D eigenvalue weighted by molar-refractivity contribution is -0.153. The van der Waals surface area contributed by atoms with Crippen molar-refractivity contribution in [3.8, 4) is 0 Å². The molecule has 244 valence electrons. The molecule has 0 saturated heterocycles. The van der Waals surface area contributed by atoms with Crippen LogP contribution in [0.1, 0.15) is 76.0 Å². The molecule has 2 aromatic carbocycles. The number of hydrogen-bond acceptors (Lipinski definition) is 7. The summed E-state index contributed by atoms with van der Waals surface area (Å²) >= 11 is 0. The largest absolute Gasteiger partial charge is 0.458 e. The lowest BCUT2D eigenvalue weighted by atomic mass is 10.0. The Morgan fingerprint density at radius 2 is 1.61 bits per heavy atom. The van der Waals surface area contributed by atoms with Crippen molar-refractivity contribution in [3.05, 3.63) is 70.8 Å². The highest BCUT2D eigenvalue weighted by Gasteiger charge is 2.38. The molecule has 44 heavy (non-hydrogen) atoms. The molecular weight excluding hydrogens is 588 g/mol. The minimum Gasteiger partial charge on any atom is -0.458 e. The van der Waals surface area contributed by atoms with Gasteiger partial charge in [-0.15, -0.1) is 0 Å². The zero-order chi connectivity index (χ0) is 32.3. The van der Waals surface area contributed by atoms with Crippen LogP contribution in [0.5, 0.6) is 0 Å². The molecule has 1 aliphatic carbocycles. The molecule has 0 radical (unpaired) electrons. The van der Waals surface area contributed by atoms with Crippen molar-refractivity contribution in [2.24, 2.45) is 11.7 Å². The number of esters is 1. The van der Waals surface area contributed by atoms with Gasteiger partial charge in [0.05, 0.1) is 11.0 Å². The quantitative estimate of drug-likeness (QED) is 0.196. The number of nitrogens with two attached hydrogens (primary N) is 1. The van der Waals surface area contributed by atoms with Crippen molar-refractivity contribution in [1.29, 1.82) is 0 Å². The van der Waals surface area contributed by atoms with E-state index in [0.29, 0.717) is 45.1 Å². The third-order valence-corrected chi connectivity index (χ3v) is 10.2. The fraction of sp³-hybridized carbons (Fsp3) is 0.576. The maximum atomic E-state index is 13.9. The smallest absolute Gasteiger partial charge is 0.330 e. The topological polar surface area (TPSA) is 128 Å². The summed E-state index contributed by atoms with van der Waals surface area (Å²) in [7, 11) is -3.76. The van der Waals surface area contributed by atoms with Crippen LogP contribution in [0, 0.1) is 17.6 Å². The van der Waals surface area contributed by atoms with Crippen molar-refractivity contribution >= 4 is 21.7 Å². The Kier molecular flexibility index (Phi) is 13.7. The number of sulfone groups is 1. The van der Waals surface area contributed by atoms with Crippen LogP contribution in [-0.4, -0.2) is 56.0 Å². The first-order valence-corrected chi connectivity index (χ1v) is 17.4. The van der Waals surface area contributed by atoms with Crippen LogP contribution in [0.4, 0.5) is 8.78 Å². The first-order valence-electron chi connectivity index (χ1n) is 15.7. The normalized spacial score (nSPS) is 15.5. The molecule has 0 bridgehead atoms. The average molecular weight is 636 g/mol. The van der Waals surface area contributed by atoms with Crippen molar-refractivity contribution in [2.75, 3.05) is 12.3 Å². The molecule has 3 rings (SSSR count). The van der Waals surface area contributed by atoms with E-state index in [0.717, 1.165) is 23.6 Å². The van der Waals surface area contributed by atoms with Crippen LogP contribution in [0.3, 0.4) is 0 Å². The van der Waals surface area contributed by atoms with Gasteiger partial charge in [0.15, 0.2) is 9.84 Å². The average Bonchev–Trinajstić information content (AvgIpc) is 3.81. The van der Waals surface area contributed by atoms with Gasteiger partial charge in [0.1, 0.15) is 23.8 Å². The Morgan fingerprint density at radius 1 is 0.977 bits per heavy atom. The second-order valence-electron chi connectivity index (χ2n) is 11.8. The van der Waals surface area contributed by atoms with E-state index >= 15 is 0 Å². The Labute approximate surface area is 260 Å². The fourth-order valence-electron chi connectivity index (χ4n) is 5.28. The minimum atomic E-state index is -3.76. The van der Waals surface area contributed by atoms with E-state index in [2.05, 4.69) is 23.6 Å². The fourth-order valence-corrected chi connectivity index (χ4v) is 7.43. The second-order valence-corrected chi connectivity index (χ2v) is 14.1. The molecule has 8 nitrogen and oxygen atoms in total. The molecule has 2 aromatic rings. The molecule has 0 spiro atoms. The third-order valence-electron chi connectivity index (χ3n) is 7.89. The van der Waals surface area contributed by atoms with E-state index in [1.807, 2.05) is 32.0 Å². The van der Waals surface area contributed by atoms with Crippen LogP contribution in [0.15, 0.2) is 42.5 Å². The number of carbonyl (C=O) groups excluding carboxylic acids is 2. The van der Waals surface area contributed by atoms with Gasteiger partial charge in [0.25, 0.3) is 0 Å². The van der Waals surface area contributed by atoms with Crippen LogP contribution in [0.2, 0.25) is 0 Å². The van der Waals surface area contributed by atoms with Crippen molar-refractivity contribution < 1.29 is 31.5 Å². The SMILES string of the molecule is CCCC(CCC)S(=O)(=O)C[C@@H](NC(=O)C1CC1)C(=O)O[C@H](CNCc1cccc(CC)c1)[C@@H](N)Cc1cc(F)cc(F)c1. The first-order chi connectivity index (χ1) is 20.9. The van der Waals surface area contributed by atoms with Crippen LogP contribution < -0.4 is 16.4 Å². The number of carbonyl (C=O) groups is 2. The molecule has 0 unspecified atom stereocenters. The van der Waals surface area contributed by atoms with Gasteiger partial charge in [-0.3, -0.25) is 4.79 Å². The van der Waals surface area contributed by atoms with Gasteiger partial charge in [-0.05, 0) is 67.3 Å². The first kappa shape index (κ1) is 35.6. The number of amides is 1. The van der Waals surface area contributed by atoms with Crippen molar-refractivity contribution in [1.82, 2.24) is 10.6 Å². The van der Waals surface area contributed by atoms with Crippen molar-refractivity contribution in [2.45, 2.75) is 102 Å². The van der Waals surface area contributed by atoms with Gasteiger partial charge in [-0.25, -0.2) is 22.0 Å². The van der Waals surface area contributed by atoms with Gasteiger partial charge < -0.3 is 21.1 Å². The second kappa shape index (κ2) is 17.0. The maximum Gasteiger partial charge on any atom is 0.330 e. The van der Waals surface area contributed by atoms with Gasteiger partial charge in [0.2, 0.25) is 5.91 Å². The number of nitrogens with one attached hydrogen (secondary N) is 2.